The summed E-state index contributed by atoms with van der Waals surface area (Å²) < 4.78 is 5.44. The molecule has 0 spiro atoms. The Morgan fingerprint density at radius 1 is 1.43 bits per heavy atom. The molecule has 1 saturated carbocycles. The molecule has 3 N–H and O–H groups in total. The van der Waals surface area contributed by atoms with E-state index in [4.69, 9.17) is 10.5 Å². The molecule has 5 heteroatoms. The van der Waals surface area contributed by atoms with Crippen molar-refractivity contribution in [2.45, 2.75) is 37.7 Å². The molecule has 2 atom stereocenters. The van der Waals surface area contributed by atoms with Crippen LogP contribution in [0.1, 0.15) is 37.4 Å². The van der Waals surface area contributed by atoms with Gasteiger partial charge in [0.1, 0.15) is 5.82 Å². The SMILES string of the molecule is COC1CCCCC1c1nc(N)n[nH]1. The molecule has 0 amide bonds. The Hall–Kier alpha value is -1.10. The number of anilines is 1. The Morgan fingerprint density at radius 3 is 2.86 bits per heavy atom. The number of hydrogen-bond acceptors (Lipinski definition) is 4. The molecule has 1 aliphatic rings. The first kappa shape index (κ1) is 9.45. The highest BCUT2D eigenvalue weighted by Crippen LogP contribution is 2.32. The molecule has 0 bridgehead atoms. The van der Waals surface area contributed by atoms with Crippen LogP contribution in [0.5, 0.6) is 0 Å². The van der Waals surface area contributed by atoms with Gasteiger partial charge in [0.05, 0.1) is 6.10 Å². The van der Waals surface area contributed by atoms with Gasteiger partial charge in [-0.2, -0.15) is 4.98 Å². The minimum Gasteiger partial charge on any atom is -0.381 e. The molecule has 14 heavy (non-hydrogen) atoms. The number of aromatic amines is 1. The van der Waals surface area contributed by atoms with Crippen LogP contribution < -0.4 is 5.73 Å². The summed E-state index contributed by atoms with van der Waals surface area (Å²) in [4.78, 5) is 4.16. The first-order chi connectivity index (χ1) is 6.81. The van der Waals surface area contributed by atoms with Crippen LogP contribution in [0.4, 0.5) is 5.95 Å². The molecule has 1 fully saturated rings. The average Bonchev–Trinajstić information content (AvgIpc) is 2.65. The predicted molar refractivity (Wildman–Crippen MR) is 52.8 cm³/mol. The van der Waals surface area contributed by atoms with E-state index in [-0.39, 0.29) is 6.10 Å². The van der Waals surface area contributed by atoms with Gasteiger partial charge >= 0.3 is 0 Å². The van der Waals surface area contributed by atoms with E-state index < -0.39 is 0 Å². The molecule has 1 aliphatic carbocycles. The van der Waals surface area contributed by atoms with Gasteiger partial charge in [-0.1, -0.05) is 12.8 Å². The van der Waals surface area contributed by atoms with Crippen LogP contribution in [0.15, 0.2) is 0 Å². The zero-order chi connectivity index (χ0) is 9.97. The van der Waals surface area contributed by atoms with Gasteiger partial charge in [-0.15, -0.1) is 5.10 Å². The number of nitrogens with one attached hydrogen (secondary N) is 1. The van der Waals surface area contributed by atoms with E-state index in [0.29, 0.717) is 11.9 Å². The smallest absolute Gasteiger partial charge is 0.239 e. The zero-order valence-electron chi connectivity index (χ0n) is 8.36. The van der Waals surface area contributed by atoms with Crippen molar-refractivity contribution in [1.82, 2.24) is 15.2 Å². The minimum atomic E-state index is 0.260. The van der Waals surface area contributed by atoms with Gasteiger partial charge in [-0.25, -0.2) is 0 Å². The van der Waals surface area contributed by atoms with Crippen LogP contribution in [0.3, 0.4) is 0 Å². The molecular formula is C9H16N4O. The number of nitrogen functional groups attached to an aromatic ring is 1. The van der Waals surface area contributed by atoms with Gasteiger partial charge < -0.3 is 10.5 Å². The maximum atomic E-state index is 5.48. The van der Waals surface area contributed by atoms with Crippen molar-refractivity contribution < 1.29 is 4.74 Å². The Bertz CT molecular complexity index is 299. The molecule has 2 rings (SSSR count). The first-order valence-corrected chi connectivity index (χ1v) is 5.02. The van der Waals surface area contributed by atoms with Crippen LogP contribution in [-0.4, -0.2) is 28.4 Å². The third-order valence-electron chi connectivity index (χ3n) is 2.88. The quantitative estimate of drug-likeness (QED) is 0.741. The lowest BCUT2D eigenvalue weighted by Crippen LogP contribution is -2.25. The van der Waals surface area contributed by atoms with Gasteiger partial charge in [-0.05, 0) is 12.8 Å². The third-order valence-corrected chi connectivity index (χ3v) is 2.88. The van der Waals surface area contributed by atoms with E-state index in [1.165, 1.54) is 12.8 Å². The largest absolute Gasteiger partial charge is 0.381 e. The van der Waals surface area contributed by atoms with Gasteiger partial charge in [0.15, 0.2) is 0 Å². The van der Waals surface area contributed by atoms with Crippen molar-refractivity contribution >= 4 is 5.95 Å². The summed E-state index contributed by atoms with van der Waals surface area (Å²) in [6, 6.07) is 0. The number of hydrogen-bond donors (Lipinski definition) is 2. The molecule has 1 aromatic rings. The van der Waals surface area contributed by atoms with Crippen molar-refractivity contribution in [2.24, 2.45) is 0 Å². The summed E-state index contributed by atoms with van der Waals surface area (Å²) in [5.74, 6) is 1.52. The highest BCUT2D eigenvalue weighted by atomic mass is 16.5. The van der Waals surface area contributed by atoms with Crippen molar-refractivity contribution in [1.29, 1.82) is 0 Å². The minimum absolute atomic E-state index is 0.260. The van der Waals surface area contributed by atoms with Gasteiger partial charge in [0.25, 0.3) is 0 Å². The maximum absolute atomic E-state index is 5.48. The molecular weight excluding hydrogens is 180 g/mol. The molecule has 0 saturated heterocycles. The fourth-order valence-corrected chi connectivity index (χ4v) is 2.15. The van der Waals surface area contributed by atoms with Crippen LogP contribution in [-0.2, 0) is 4.74 Å². The van der Waals surface area contributed by atoms with Crippen LogP contribution in [0.2, 0.25) is 0 Å². The highest BCUT2D eigenvalue weighted by Gasteiger charge is 2.28. The normalized spacial score (nSPS) is 27.8. The van der Waals surface area contributed by atoms with Crippen LogP contribution in [0.25, 0.3) is 0 Å². The lowest BCUT2D eigenvalue weighted by Gasteiger charge is -2.28. The first-order valence-electron chi connectivity index (χ1n) is 5.02. The molecule has 1 heterocycles. The van der Waals surface area contributed by atoms with Gasteiger partial charge in [-0.3, -0.25) is 5.10 Å². The number of aromatic nitrogens is 3. The Labute approximate surface area is 83.1 Å². The molecule has 1 aromatic heterocycles. The molecule has 0 aliphatic heterocycles. The summed E-state index contributed by atoms with van der Waals surface area (Å²) in [5, 5.41) is 6.72. The number of rotatable bonds is 2. The van der Waals surface area contributed by atoms with E-state index in [2.05, 4.69) is 15.2 Å². The van der Waals surface area contributed by atoms with Gasteiger partial charge in [0.2, 0.25) is 5.95 Å². The number of nitrogens with zero attached hydrogens (tertiary/aromatic N) is 2. The fraction of sp³-hybridized carbons (Fsp3) is 0.778. The topological polar surface area (TPSA) is 76.8 Å². The highest BCUT2D eigenvalue weighted by molar-refractivity contribution is 5.15. The monoisotopic (exact) mass is 196 g/mol. The zero-order valence-corrected chi connectivity index (χ0v) is 8.36. The molecule has 0 radical (unpaired) electrons. The standard InChI is InChI=1S/C9H16N4O/c1-14-7-5-3-2-4-6(7)8-11-9(10)13-12-8/h6-7H,2-5H2,1H3,(H3,10,11,12,13). The average molecular weight is 196 g/mol. The second-order valence-electron chi connectivity index (χ2n) is 3.74. The number of ether oxygens (including phenoxy) is 1. The number of methoxy groups -OCH3 is 1. The third kappa shape index (κ3) is 1.72. The van der Waals surface area contributed by atoms with E-state index in [1.54, 1.807) is 7.11 Å². The van der Waals surface area contributed by atoms with Crippen molar-refractivity contribution in [3.05, 3.63) is 5.82 Å². The fourth-order valence-electron chi connectivity index (χ4n) is 2.15. The summed E-state index contributed by atoms with van der Waals surface area (Å²) >= 11 is 0. The second kappa shape index (κ2) is 3.96. The Morgan fingerprint density at radius 2 is 2.21 bits per heavy atom. The maximum Gasteiger partial charge on any atom is 0.239 e. The lowest BCUT2D eigenvalue weighted by atomic mass is 9.86. The van der Waals surface area contributed by atoms with E-state index in [0.717, 1.165) is 18.7 Å². The van der Waals surface area contributed by atoms with Crippen LogP contribution >= 0.6 is 0 Å². The summed E-state index contributed by atoms with van der Waals surface area (Å²) in [7, 11) is 1.75. The van der Waals surface area contributed by atoms with Crippen molar-refractivity contribution in [2.75, 3.05) is 12.8 Å². The van der Waals surface area contributed by atoms with E-state index in [9.17, 15) is 0 Å². The summed E-state index contributed by atoms with van der Waals surface area (Å²) in [5.41, 5.74) is 5.48. The Balaban J connectivity index is 2.14. The van der Waals surface area contributed by atoms with E-state index >= 15 is 0 Å². The van der Waals surface area contributed by atoms with Crippen molar-refractivity contribution in [3.63, 3.8) is 0 Å². The molecule has 78 valence electrons. The number of nitrogens with two attached hydrogens (primary N) is 1. The van der Waals surface area contributed by atoms with E-state index in [1.807, 2.05) is 0 Å². The molecule has 0 aromatic carbocycles. The lowest BCUT2D eigenvalue weighted by molar-refractivity contribution is 0.0499. The predicted octanol–water partition coefficient (Wildman–Crippen LogP) is 1.06. The molecule has 5 nitrogen and oxygen atoms in total. The van der Waals surface area contributed by atoms with Gasteiger partial charge in [0, 0.05) is 13.0 Å². The summed E-state index contributed by atoms with van der Waals surface area (Å²) in [6.45, 7) is 0. The summed E-state index contributed by atoms with van der Waals surface area (Å²) in [6.07, 6.45) is 4.93. The second-order valence-corrected chi connectivity index (χ2v) is 3.74. The molecule has 2 unspecified atom stereocenters. The Kier molecular flexibility index (Phi) is 2.67. The van der Waals surface area contributed by atoms with Crippen molar-refractivity contribution in [3.8, 4) is 0 Å². The number of H-pyrrole nitrogens is 1. The van der Waals surface area contributed by atoms with Crippen LogP contribution in [0, 0.1) is 0 Å².